The lowest BCUT2D eigenvalue weighted by molar-refractivity contribution is -0.0129. The van der Waals surface area contributed by atoms with Gasteiger partial charge in [0.15, 0.2) is 0 Å². The van der Waals surface area contributed by atoms with Gasteiger partial charge in [0.05, 0.1) is 26.4 Å². The van der Waals surface area contributed by atoms with Gasteiger partial charge in [-0.2, -0.15) is 0 Å². The van der Waals surface area contributed by atoms with Gasteiger partial charge in [0, 0.05) is 22.9 Å². The molecule has 0 spiro atoms. The van der Waals surface area contributed by atoms with Crippen molar-refractivity contribution in [3.05, 3.63) is 21.9 Å². The monoisotopic (exact) mass is 273 g/mol. The van der Waals surface area contributed by atoms with E-state index in [0.29, 0.717) is 26.4 Å². The molecule has 18 heavy (non-hydrogen) atoms. The summed E-state index contributed by atoms with van der Waals surface area (Å²) < 4.78 is 16.1. The van der Waals surface area contributed by atoms with Gasteiger partial charge < -0.3 is 19.9 Å². The minimum atomic E-state index is -0.0466. The van der Waals surface area contributed by atoms with Gasteiger partial charge in [-0.3, -0.25) is 0 Å². The molecule has 0 saturated carbocycles. The van der Waals surface area contributed by atoms with Gasteiger partial charge >= 0.3 is 0 Å². The fourth-order valence-electron chi connectivity index (χ4n) is 1.58. The van der Waals surface area contributed by atoms with E-state index < -0.39 is 0 Å². The molecule has 1 rings (SSSR count). The van der Waals surface area contributed by atoms with E-state index in [4.69, 9.17) is 19.9 Å². The molecule has 0 aliphatic rings. The molecule has 0 aromatic carbocycles. The standard InChI is InChI=1S/C13H23NO3S/c1-10-4-5-12(18-10)13(11(2)14)17-9-8-16-7-6-15-3/h4-5,11,13H,6-9,14H2,1-3H3. The topological polar surface area (TPSA) is 53.7 Å². The fraction of sp³-hybridized carbons (Fsp3) is 0.692. The number of methoxy groups -OCH3 is 1. The maximum atomic E-state index is 5.96. The minimum Gasteiger partial charge on any atom is -0.382 e. The first-order valence-electron chi connectivity index (χ1n) is 6.15. The Hall–Kier alpha value is -0.460. The van der Waals surface area contributed by atoms with Crippen molar-refractivity contribution in [1.82, 2.24) is 0 Å². The molecule has 0 saturated heterocycles. The van der Waals surface area contributed by atoms with Crippen molar-refractivity contribution >= 4 is 11.3 Å². The maximum absolute atomic E-state index is 5.96. The van der Waals surface area contributed by atoms with Gasteiger partial charge in [-0.25, -0.2) is 0 Å². The highest BCUT2D eigenvalue weighted by molar-refractivity contribution is 7.12. The van der Waals surface area contributed by atoms with Gasteiger partial charge in [0.25, 0.3) is 0 Å². The van der Waals surface area contributed by atoms with Crippen molar-refractivity contribution in [1.29, 1.82) is 0 Å². The Labute approximate surface area is 113 Å². The second-order valence-corrected chi connectivity index (χ2v) is 5.52. The number of rotatable bonds is 9. The summed E-state index contributed by atoms with van der Waals surface area (Å²) in [7, 11) is 1.66. The van der Waals surface area contributed by atoms with E-state index in [1.54, 1.807) is 18.4 Å². The number of ether oxygens (including phenoxy) is 3. The summed E-state index contributed by atoms with van der Waals surface area (Å²) in [6.07, 6.45) is -0.0466. The van der Waals surface area contributed by atoms with Crippen LogP contribution >= 0.6 is 11.3 Å². The zero-order valence-corrected chi connectivity index (χ0v) is 12.2. The molecular formula is C13H23NO3S. The number of hydrogen-bond acceptors (Lipinski definition) is 5. The first-order chi connectivity index (χ1) is 8.65. The summed E-state index contributed by atoms with van der Waals surface area (Å²) in [5, 5.41) is 0. The number of hydrogen-bond donors (Lipinski definition) is 1. The molecule has 0 radical (unpaired) electrons. The van der Waals surface area contributed by atoms with E-state index in [1.165, 1.54) is 9.75 Å². The predicted molar refractivity (Wildman–Crippen MR) is 74.1 cm³/mol. The summed E-state index contributed by atoms with van der Waals surface area (Å²) in [6.45, 7) is 6.37. The zero-order chi connectivity index (χ0) is 13.4. The largest absolute Gasteiger partial charge is 0.382 e. The highest BCUT2D eigenvalue weighted by Gasteiger charge is 2.18. The summed E-state index contributed by atoms with van der Waals surface area (Å²) in [6, 6.07) is 4.15. The van der Waals surface area contributed by atoms with Crippen LogP contribution in [-0.2, 0) is 14.2 Å². The van der Waals surface area contributed by atoms with E-state index >= 15 is 0 Å². The summed E-state index contributed by atoms with van der Waals surface area (Å²) in [4.78, 5) is 2.45. The van der Waals surface area contributed by atoms with Crippen molar-refractivity contribution in [2.75, 3.05) is 33.5 Å². The lowest BCUT2D eigenvalue weighted by Gasteiger charge is -2.20. The van der Waals surface area contributed by atoms with Crippen LogP contribution in [0.1, 0.15) is 22.8 Å². The average Bonchev–Trinajstić information content (AvgIpc) is 2.74. The van der Waals surface area contributed by atoms with E-state index in [9.17, 15) is 0 Å². The number of aryl methyl sites for hydroxylation is 1. The smallest absolute Gasteiger partial charge is 0.106 e. The quantitative estimate of drug-likeness (QED) is 0.700. The third-order valence-electron chi connectivity index (χ3n) is 2.48. The summed E-state index contributed by atoms with van der Waals surface area (Å²) >= 11 is 1.73. The first kappa shape index (κ1) is 15.6. The molecule has 2 unspecified atom stereocenters. The third-order valence-corrected chi connectivity index (χ3v) is 3.54. The Bertz CT molecular complexity index is 328. The Morgan fingerprint density at radius 2 is 1.94 bits per heavy atom. The van der Waals surface area contributed by atoms with Gasteiger partial charge in [-0.05, 0) is 26.0 Å². The van der Waals surface area contributed by atoms with E-state index in [2.05, 4.69) is 19.1 Å². The molecule has 1 aromatic heterocycles. The minimum absolute atomic E-state index is 0.0259. The Balaban J connectivity index is 2.31. The third kappa shape index (κ3) is 5.46. The SMILES string of the molecule is COCCOCCOC(c1ccc(C)s1)C(C)N. The van der Waals surface area contributed by atoms with E-state index in [1.807, 2.05) is 6.92 Å². The highest BCUT2D eigenvalue weighted by Crippen LogP contribution is 2.27. The Kier molecular flexibility index (Phi) is 7.46. The van der Waals surface area contributed by atoms with Crippen molar-refractivity contribution in [2.45, 2.75) is 26.0 Å². The van der Waals surface area contributed by atoms with Gasteiger partial charge in [-0.15, -0.1) is 11.3 Å². The Morgan fingerprint density at radius 1 is 1.22 bits per heavy atom. The number of thiophene rings is 1. The van der Waals surface area contributed by atoms with E-state index in [0.717, 1.165) is 0 Å². The molecule has 5 heteroatoms. The molecular weight excluding hydrogens is 250 g/mol. The molecule has 4 nitrogen and oxygen atoms in total. The molecule has 2 N–H and O–H groups in total. The van der Waals surface area contributed by atoms with Crippen LogP contribution < -0.4 is 5.73 Å². The van der Waals surface area contributed by atoms with Crippen LogP contribution in [0.25, 0.3) is 0 Å². The molecule has 0 bridgehead atoms. The second kappa shape index (κ2) is 8.61. The van der Waals surface area contributed by atoms with Crippen LogP contribution in [0.3, 0.4) is 0 Å². The van der Waals surface area contributed by atoms with Crippen LogP contribution in [0.4, 0.5) is 0 Å². The van der Waals surface area contributed by atoms with Crippen LogP contribution in [-0.4, -0.2) is 39.6 Å². The van der Waals surface area contributed by atoms with Crippen LogP contribution in [0.2, 0.25) is 0 Å². The average molecular weight is 273 g/mol. The predicted octanol–water partition coefficient (Wildman–Crippen LogP) is 2.12. The van der Waals surface area contributed by atoms with E-state index in [-0.39, 0.29) is 12.1 Å². The molecule has 1 aromatic rings. The van der Waals surface area contributed by atoms with Crippen molar-refractivity contribution in [3.63, 3.8) is 0 Å². The van der Waals surface area contributed by atoms with Gasteiger partial charge in [0.2, 0.25) is 0 Å². The van der Waals surface area contributed by atoms with Gasteiger partial charge in [-0.1, -0.05) is 0 Å². The molecule has 1 heterocycles. The van der Waals surface area contributed by atoms with Gasteiger partial charge in [0.1, 0.15) is 6.10 Å². The lowest BCUT2D eigenvalue weighted by atomic mass is 10.1. The molecule has 0 amide bonds. The van der Waals surface area contributed by atoms with Crippen LogP contribution in [0, 0.1) is 6.92 Å². The summed E-state index contributed by atoms with van der Waals surface area (Å²) in [5.74, 6) is 0. The lowest BCUT2D eigenvalue weighted by Crippen LogP contribution is -2.27. The van der Waals surface area contributed by atoms with Crippen molar-refractivity contribution < 1.29 is 14.2 Å². The van der Waals surface area contributed by atoms with Crippen molar-refractivity contribution in [3.8, 4) is 0 Å². The summed E-state index contributed by atoms with van der Waals surface area (Å²) in [5.41, 5.74) is 5.96. The molecule has 104 valence electrons. The molecule has 0 fully saturated rings. The number of nitrogens with two attached hydrogens (primary N) is 1. The highest BCUT2D eigenvalue weighted by atomic mass is 32.1. The molecule has 0 aliphatic heterocycles. The molecule has 0 aliphatic carbocycles. The van der Waals surface area contributed by atoms with Crippen molar-refractivity contribution in [2.24, 2.45) is 5.73 Å². The normalized spacial score (nSPS) is 14.7. The first-order valence-corrected chi connectivity index (χ1v) is 6.97. The fourth-order valence-corrected chi connectivity index (χ4v) is 2.62. The van der Waals surface area contributed by atoms with Crippen LogP contribution in [0.5, 0.6) is 0 Å². The second-order valence-electron chi connectivity index (χ2n) is 4.20. The molecule has 2 atom stereocenters. The Morgan fingerprint density at radius 3 is 2.50 bits per heavy atom. The zero-order valence-electron chi connectivity index (χ0n) is 11.3. The van der Waals surface area contributed by atoms with Crippen LogP contribution in [0.15, 0.2) is 12.1 Å². The maximum Gasteiger partial charge on any atom is 0.106 e.